The second-order valence-corrected chi connectivity index (χ2v) is 7.04. The number of methoxy groups -OCH3 is 1. The molecular formula is C19H19N3O4S. The molecule has 7 nitrogen and oxygen atoms in total. The number of carbonyl (C=O) groups is 1. The molecule has 0 fully saturated rings. The van der Waals surface area contributed by atoms with Crippen molar-refractivity contribution in [2.75, 3.05) is 7.11 Å². The third-order valence-corrected chi connectivity index (χ3v) is 5.23. The van der Waals surface area contributed by atoms with Crippen LogP contribution in [0.15, 0.2) is 41.4 Å². The minimum atomic E-state index is -0.429. The number of non-ortho nitro benzene ring substituents is 1. The van der Waals surface area contributed by atoms with Gasteiger partial charge < -0.3 is 9.30 Å². The van der Waals surface area contributed by atoms with Gasteiger partial charge in [-0.3, -0.25) is 14.9 Å². The third-order valence-electron chi connectivity index (χ3n) is 4.19. The van der Waals surface area contributed by atoms with Crippen LogP contribution in [-0.4, -0.2) is 22.5 Å². The highest BCUT2D eigenvalue weighted by Crippen LogP contribution is 2.24. The van der Waals surface area contributed by atoms with Crippen LogP contribution >= 0.6 is 11.3 Å². The van der Waals surface area contributed by atoms with Crippen LogP contribution in [0.4, 0.5) is 5.69 Å². The first-order chi connectivity index (χ1) is 12.9. The largest absolute Gasteiger partial charge is 0.496 e. The number of nitro groups is 1. The van der Waals surface area contributed by atoms with Crippen molar-refractivity contribution < 1.29 is 14.5 Å². The van der Waals surface area contributed by atoms with Gasteiger partial charge in [0, 0.05) is 24.2 Å². The van der Waals surface area contributed by atoms with Gasteiger partial charge in [-0.25, -0.2) is 0 Å². The summed E-state index contributed by atoms with van der Waals surface area (Å²) >= 11 is 1.27. The van der Waals surface area contributed by atoms with Gasteiger partial charge in [0.1, 0.15) is 5.75 Å². The molecule has 0 aliphatic heterocycles. The number of hydrogen-bond donors (Lipinski definition) is 0. The van der Waals surface area contributed by atoms with E-state index in [-0.39, 0.29) is 18.0 Å². The highest BCUT2D eigenvalue weighted by Gasteiger charge is 2.13. The molecule has 0 saturated carbocycles. The number of benzene rings is 2. The van der Waals surface area contributed by atoms with Gasteiger partial charge >= 0.3 is 0 Å². The van der Waals surface area contributed by atoms with Gasteiger partial charge in [-0.1, -0.05) is 29.0 Å². The zero-order valence-corrected chi connectivity index (χ0v) is 16.1. The van der Waals surface area contributed by atoms with E-state index in [1.807, 2.05) is 36.6 Å². The van der Waals surface area contributed by atoms with Crippen LogP contribution in [0, 0.1) is 17.0 Å². The van der Waals surface area contributed by atoms with Crippen molar-refractivity contribution in [3.8, 4) is 5.75 Å². The number of amides is 1. The maximum atomic E-state index is 12.5. The Balaban J connectivity index is 2.01. The number of thiazole rings is 1. The van der Waals surface area contributed by atoms with Gasteiger partial charge in [0.2, 0.25) is 0 Å². The fourth-order valence-corrected chi connectivity index (χ4v) is 4.07. The molecule has 2 aromatic carbocycles. The molecule has 8 heteroatoms. The normalized spacial score (nSPS) is 11.7. The molecule has 0 spiro atoms. The molecule has 27 heavy (non-hydrogen) atoms. The Morgan fingerprint density at radius 2 is 2.07 bits per heavy atom. The number of fused-ring (bicyclic) bond motifs is 1. The summed E-state index contributed by atoms with van der Waals surface area (Å²) in [6, 6.07) is 10.3. The molecule has 0 aliphatic rings. The predicted molar refractivity (Wildman–Crippen MR) is 104 cm³/mol. The Bertz CT molecular complexity index is 1100. The highest BCUT2D eigenvalue weighted by molar-refractivity contribution is 7.16. The summed E-state index contributed by atoms with van der Waals surface area (Å²) in [7, 11) is 1.57. The van der Waals surface area contributed by atoms with Crippen LogP contribution in [0.5, 0.6) is 5.75 Å². The molecule has 3 rings (SSSR count). The lowest BCUT2D eigenvalue weighted by atomic mass is 10.1. The van der Waals surface area contributed by atoms with Crippen LogP contribution in [-0.2, 0) is 17.8 Å². The number of rotatable bonds is 5. The lowest BCUT2D eigenvalue weighted by Gasteiger charge is -2.07. The monoisotopic (exact) mass is 385 g/mol. The van der Waals surface area contributed by atoms with E-state index in [2.05, 4.69) is 4.99 Å². The standard InChI is InChI=1S/C19H19N3O4S/c1-4-21-15-7-6-14(22(24)25)11-17(15)27-19(21)20-18(23)10-13-9-12(2)5-8-16(13)26-3/h5-9,11H,4,10H2,1-3H3. The number of ether oxygens (including phenoxy) is 1. The van der Waals surface area contributed by atoms with Crippen molar-refractivity contribution in [3.63, 3.8) is 0 Å². The average molecular weight is 385 g/mol. The molecule has 0 radical (unpaired) electrons. The van der Waals surface area contributed by atoms with E-state index in [0.29, 0.717) is 17.1 Å². The first-order valence-corrected chi connectivity index (χ1v) is 9.23. The zero-order chi connectivity index (χ0) is 19.6. The van der Waals surface area contributed by atoms with Gasteiger partial charge in [-0.15, -0.1) is 0 Å². The minimum absolute atomic E-state index is 0.0226. The Labute approximate surface area is 159 Å². The number of carbonyl (C=O) groups excluding carboxylic acids is 1. The number of aryl methyl sites for hydroxylation is 2. The SMILES string of the molecule is CCn1c(=NC(=O)Cc2cc(C)ccc2OC)sc2cc([N+](=O)[O-])ccc21. The number of hydrogen-bond acceptors (Lipinski definition) is 5. The Morgan fingerprint density at radius 3 is 2.74 bits per heavy atom. The smallest absolute Gasteiger partial charge is 0.270 e. The summed E-state index contributed by atoms with van der Waals surface area (Å²) in [4.78, 5) is 27.9. The van der Waals surface area contributed by atoms with Crippen LogP contribution in [0.1, 0.15) is 18.1 Å². The van der Waals surface area contributed by atoms with Gasteiger partial charge in [-0.05, 0) is 26.0 Å². The predicted octanol–water partition coefficient (Wildman–Crippen LogP) is 3.62. The topological polar surface area (TPSA) is 86.7 Å². The van der Waals surface area contributed by atoms with E-state index < -0.39 is 4.92 Å². The second kappa shape index (κ2) is 7.71. The van der Waals surface area contributed by atoms with Crippen molar-refractivity contribution in [1.29, 1.82) is 0 Å². The van der Waals surface area contributed by atoms with Crippen molar-refractivity contribution in [2.24, 2.45) is 4.99 Å². The lowest BCUT2D eigenvalue weighted by Crippen LogP contribution is -2.16. The third kappa shape index (κ3) is 3.90. The molecule has 140 valence electrons. The molecule has 0 aliphatic carbocycles. The highest BCUT2D eigenvalue weighted by atomic mass is 32.1. The molecule has 0 unspecified atom stereocenters. The van der Waals surface area contributed by atoms with Crippen LogP contribution < -0.4 is 9.54 Å². The van der Waals surface area contributed by atoms with Crippen molar-refractivity contribution >= 4 is 33.1 Å². The molecule has 0 N–H and O–H groups in total. The number of nitrogens with zero attached hydrogens (tertiary/aromatic N) is 3. The molecular weight excluding hydrogens is 366 g/mol. The van der Waals surface area contributed by atoms with Gasteiger partial charge in [0.15, 0.2) is 4.80 Å². The van der Waals surface area contributed by atoms with Gasteiger partial charge in [0.25, 0.3) is 11.6 Å². The van der Waals surface area contributed by atoms with Gasteiger partial charge in [0.05, 0.1) is 28.7 Å². The summed E-state index contributed by atoms with van der Waals surface area (Å²) in [5.41, 5.74) is 2.67. The molecule has 1 amide bonds. The Kier molecular flexibility index (Phi) is 5.36. The van der Waals surface area contributed by atoms with Crippen LogP contribution in [0.3, 0.4) is 0 Å². The van der Waals surface area contributed by atoms with Crippen molar-refractivity contribution in [1.82, 2.24) is 4.57 Å². The fraction of sp³-hybridized carbons (Fsp3) is 0.263. The fourth-order valence-electron chi connectivity index (χ4n) is 2.92. The lowest BCUT2D eigenvalue weighted by molar-refractivity contribution is -0.384. The van der Waals surface area contributed by atoms with E-state index in [1.165, 1.54) is 23.5 Å². The molecule has 1 aromatic heterocycles. The number of aromatic nitrogens is 1. The summed E-state index contributed by atoms with van der Waals surface area (Å²) in [5.74, 6) is 0.363. The number of nitro benzene ring substituents is 1. The van der Waals surface area contributed by atoms with E-state index >= 15 is 0 Å². The average Bonchev–Trinajstić information content (AvgIpc) is 2.97. The maximum absolute atomic E-state index is 12.5. The van der Waals surface area contributed by atoms with Crippen LogP contribution in [0.2, 0.25) is 0 Å². The molecule has 0 bridgehead atoms. The van der Waals surface area contributed by atoms with E-state index in [1.54, 1.807) is 13.2 Å². The zero-order valence-electron chi connectivity index (χ0n) is 15.3. The molecule has 0 saturated heterocycles. The Hall–Kier alpha value is -3.00. The van der Waals surface area contributed by atoms with Crippen LogP contribution in [0.25, 0.3) is 10.2 Å². The van der Waals surface area contributed by atoms with E-state index in [9.17, 15) is 14.9 Å². The van der Waals surface area contributed by atoms with Crippen molar-refractivity contribution in [2.45, 2.75) is 26.8 Å². The molecule has 0 atom stereocenters. The second-order valence-electron chi connectivity index (χ2n) is 6.04. The summed E-state index contributed by atoms with van der Waals surface area (Å²) in [6.45, 7) is 4.51. The van der Waals surface area contributed by atoms with E-state index in [0.717, 1.165) is 21.3 Å². The first kappa shape index (κ1) is 18.8. The van der Waals surface area contributed by atoms with Gasteiger partial charge in [-0.2, -0.15) is 4.99 Å². The summed E-state index contributed by atoms with van der Waals surface area (Å²) < 4.78 is 7.93. The van der Waals surface area contributed by atoms with E-state index in [4.69, 9.17) is 4.74 Å². The Morgan fingerprint density at radius 1 is 1.30 bits per heavy atom. The maximum Gasteiger partial charge on any atom is 0.270 e. The quantitative estimate of drug-likeness (QED) is 0.496. The molecule has 1 heterocycles. The first-order valence-electron chi connectivity index (χ1n) is 8.41. The minimum Gasteiger partial charge on any atom is -0.496 e. The van der Waals surface area contributed by atoms with Crippen molar-refractivity contribution in [3.05, 3.63) is 62.4 Å². The molecule has 3 aromatic rings. The summed E-state index contributed by atoms with van der Waals surface area (Å²) in [6.07, 6.45) is 0.128. The summed E-state index contributed by atoms with van der Waals surface area (Å²) in [5, 5.41) is 11.0.